The molecule has 1 atom stereocenters. The summed E-state index contributed by atoms with van der Waals surface area (Å²) in [5.74, 6) is -1.35. The van der Waals surface area contributed by atoms with Gasteiger partial charge in [0, 0.05) is 30.4 Å². The maximum atomic E-state index is 14.9. The molecule has 0 spiro atoms. The highest BCUT2D eigenvalue weighted by atomic mass is 19.1. The maximum absolute atomic E-state index is 14.9. The van der Waals surface area contributed by atoms with Crippen LogP contribution in [0.25, 0.3) is 0 Å². The van der Waals surface area contributed by atoms with Gasteiger partial charge >= 0.3 is 0 Å². The second-order valence-corrected chi connectivity index (χ2v) is 7.97. The Morgan fingerprint density at radius 3 is 2.60 bits per heavy atom. The van der Waals surface area contributed by atoms with Crippen LogP contribution in [-0.4, -0.2) is 31.0 Å². The first-order valence-electron chi connectivity index (χ1n) is 10.1. The van der Waals surface area contributed by atoms with Crippen molar-refractivity contribution in [1.82, 2.24) is 10.9 Å². The Labute approximate surface area is 173 Å². The van der Waals surface area contributed by atoms with Gasteiger partial charge < -0.3 is 15.5 Å². The van der Waals surface area contributed by atoms with Crippen molar-refractivity contribution in [2.24, 2.45) is 16.5 Å². The number of nitrogens with two attached hydrogens (primary N) is 2. The Hall–Kier alpha value is -3.17. The molecule has 0 aliphatic carbocycles. The summed E-state index contributed by atoms with van der Waals surface area (Å²) in [5, 5.41) is 0. The number of hydrogen-bond acceptors (Lipinski definition) is 7. The molecule has 5 rings (SSSR count). The predicted octanol–water partition coefficient (Wildman–Crippen LogP) is 0.875. The Balaban J connectivity index is 1.30. The van der Waals surface area contributed by atoms with E-state index in [0.717, 1.165) is 24.1 Å². The van der Waals surface area contributed by atoms with Crippen molar-refractivity contribution in [3.05, 3.63) is 59.4 Å². The lowest BCUT2D eigenvalue weighted by Crippen LogP contribution is -2.50. The molecular formula is C21H24FN7O. The number of hydrogen-bond donors (Lipinski definition) is 4. The Morgan fingerprint density at radius 1 is 1.13 bits per heavy atom. The van der Waals surface area contributed by atoms with Crippen LogP contribution < -0.4 is 32.1 Å². The van der Waals surface area contributed by atoms with Crippen molar-refractivity contribution in [3.63, 3.8) is 0 Å². The lowest BCUT2D eigenvalue weighted by Gasteiger charge is -2.38. The van der Waals surface area contributed by atoms with Crippen molar-refractivity contribution in [2.75, 3.05) is 22.9 Å². The molecule has 1 saturated heterocycles. The molecule has 156 valence electrons. The van der Waals surface area contributed by atoms with Crippen molar-refractivity contribution < 1.29 is 9.18 Å². The van der Waals surface area contributed by atoms with E-state index in [4.69, 9.17) is 11.5 Å². The van der Waals surface area contributed by atoms with E-state index in [9.17, 15) is 9.18 Å². The van der Waals surface area contributed by atoms with E-state index in [2.05, 4.69) is 15.8 Å². The van der Waals surface area contributed by atoms with Gasteiger partial charge in [-0.1, -0.05) is 24.3 Å². The van der Waals surface area contributed by atoms with Crippen molar-refractivity contribution in [2.45, 2.75) is 31.1 Å². The van der Waals surface area contributed by atoms with Gasteiger partial charge in [-0.15, -0.1) is 0 Å². The van der Waals surface area contributed by atoms with Crippen LogP contribution in [0.15, 0.2) is 47.5 Å². The summed E-state index contributed by atoms with van der Waals surface area (Å²) < 4.78 is 14.9. The zero-order chi connectivity index (χ0) is 20.9. The number of hydrazine groups is 1. The normalized spacial score (nSPS) is 24.1. The fourth-order valence-electron chi connectivity index (χ4n) is 4.59. The summed E-state index contributed by atoms with van der Waals surface area (Å²) in [6, 6.07) is 12.9. The second-order valence-electron chi connectivity index (χ2n) is 7.97. The summed E-state index contributed by atoms with van der Waals surface area (Å²) in [4.78, 5) is 20.6. The quantitative estimate of drug-likeness (QED) is 0.599. The third-order valence-electron chi connectivity index (χ3n) is 6.10. The minimum Gasteiger partial charge on any atom is -0.369 e. The fraction of sp³-hybridized carbons (Fsp3) is 0.333. The molecule has 3 heterocycles. The van der Waals surface area contributed by atoms with Crippen LogP contribution in [0.1, 0.15) is 24.0 Å². The first kappa shape index (κ1) is 18.8. The number of carbonyl (C=O) groups is 1. The zero-order valence-corrected chi connectivity index (χ0v) is 16.4. The molecule has 3 aliphatic rings. The maximum Gasteiger partial charge on any atom is 0.231 e. The Morgan fingerprint density at radius 2 is 1.90 bits per heavy atom. The molecule has 0 radical (unpaired) electrons. The molecule has 1 unspecified atom stereocenters. The van der Waals surface area contributed by atoms with Gasteiger partial charge in [0.25, 0.3) is 0 Å². The minimum atomic E-state index is -1.29. The van der Waals surface area contributed by atoms with E-state index in [-0.39, 0.29) is 23.7 Å². The number of fused-ring (bicyclic) bond motifs is 1. The van der Waals surface area contributed by atoms with Crippen molar-refractivity contribution in [3.8, 4) is 0 Å². The van der Waals surface area contributed by atoms with Crippen molar-refractivity contribution >= 4 is 23.2 Å². The number of halogens is 1. The number of anilines is 2. The van der Waals surface area contributed by atoms with Crippen molar-refractivity contribution in [1.29, 1.82) is 0 Å². The molecule has 6 N–H and O–H groups in total. The Bertz CT molecular complexity index is 1030. The number of piperidine rings is 1. The van der Waals surface area contributed by atoms with Crippen LogP contribution in [0.2, 0.25) is 0 Å². The summed E-state index contributed by atoms with van der Waals surface area (Å²) in [5.41, 5.74) is 20.2. The number of benzene rings is 2. The molecule has 2 aromatic carbocycles. The summed E-state index contributed by atoms with van der Waals surface area (Å²) in [7, 11) is 0. The third kappa shape index (κ3) is 3.06. The largest absolute Gasteiger partial charge is 0.369 e. The lowest BCUT2D eigenvalue weighted by atomic mass is 10.0. The van der Waals surface area contributed by atoms with Gasteiger partial charge in [-0.25, -0.2) is 9.38 Å². The fourth-order valence-corrected chi connectivity index (χ4v) is 4.59. The average Bonchev–Trinajstić information content (AvgIpc) is 3.27. The van der Waals surface area contributed by atoms with Crippen LogP contribution >= 0.6 is 0 Å². The van der Waals surface area contributed by atoms with Crippen LogP contribution in [0.5, 0.6) is 0 Å². The molecule has 9 heteroatoms. The third-order valence-corrected chi connectivity index (χ3v) is 6.10. The van der Waals surface area contributed by atoms with Crippen LogP contribution in [0, 0.1) is 5.82 Å². The van der Waals surface area contributed by atoms with E-state index in [1.54, 1.807) is 12.1 Å². The molecule has 2 aromatic rings. The first-order valence-corrected chi connectivity index (χ1v) is 10.1. The zero-order valence-electron chi connectivity index (χ0n) is 16.4. The molecule has 0 aromatic heterocycles. The van der Waals surface area contributed by atoms with Crippen LogP contribution in [0.3, 0.4) is 0 Å². The van der Waals surface area contributed by atoms with E-state index in [0.29, 0.717) is 30.8 Å². The number of guanidine groups is 1. The summed E-state index contributed by atoms with van der Waals surface area (Å²) in [6.07, 6.45) is 2.03. The van der Waals surface area contributed by atoms with E-state index >= 15 is 0 Å². The first-order chi connectivity index (χ1) is 14.4. The van der Waals surface area contributed by atoms with Crippen LogP contribution in [-0.2, 0) is 17.0 Å². The highest BCUT2D eigenvalue weighted by molar-refractivity contribution is 6.01. The molecule has 1 fully saturated rings. The van der Waals surface area contributed by atoms with Gasteiger partial charge in [0.15, 0.2) is 0 Å². The van der Waals surface area contributed by atoms with Gasteiger partial charge in [0.05, 0.1) is 12.1 Å². The molecule has 1 amide bonds. The van der Waals surface area contributed by atoms with Gasteiger partial charge in [-0.3, -0.25) is 16.0 Å². The number of carbonyl (C=O) groups excluding carboxylic acids is 1. The van der Waals surface area contributed by atoms with E-state index < -0.39 is 5.79 Å². The smallest absolute Gasteiger partial charge is 0.231 e. The lowest BCUT2D eigenvalue weighted by molar-refractivity contribution is -0.117. The van der Waals surface area contributed by atoms with E-state index in [1.165, 1.54) is 6.07 Å². The number of nitrogens with zero attached hydrogens (tertiary/aromatic N) is 3. The predicted molar refractivity (Wildman–Crippen MR) is 113 cm³/mol. The van der Waals surface area contributed by atoms with Gasteiger partial charge in [-0.05, 0) is 36.6 Å². The molecule has 30 heavy (non-hydrogen) atoms. The van der Waals surface area contributed by atoms with Gasteiger partial charge in [0.1, 0.15) is 5.82 Å². The van der Waals surface area contributed by atoms with E-state index in [1.807, 2.05) is 34.1 Å². The highest BCUT2D eigenvalue weighted by Crippen LogP contribution is 2.35. The Kier molecular flexibility index (Phi) is 4.37. The topological polar surface area (TPSA) is 112 Å². The molecule has 0 saturated carbocycles. The molecule has 8 nitrogen and oxygen atoms in total. The summed E-state index contributed by atoms with van der Waals surface area (Å²) in [6.45, 7) is 1.34. The number of para-hydroxylation sites is 1. The SMILES string of the molecule is NC1=NC(N)(c2ccc(N3CCC(N4C(=O)Cc5ccccc54)CC3)c(F)c2)NN1. The monoisotopic (exact) mass is 409 g/mol. The second kappa shape index (κ2) is 6.96. The summed E-state index contributed by atoms with van der Waals surface area (Å²) >= 11 is 0. The standard InChI is InChI=1S/C21H24FN7O/c22-16-12-14(21(24)25-20(23)26-27-21)5-6-18(16)28-9-7-15(8-10-28)29-17-4-2-1-3-13(17)11-19(29)30/h1-6,12,15,27H,7-11,24H2,(H3,23,25,26). The number of amides is 1. The van der Waals surface area contributed by atoms with Gasteiger partial charge in [-0.2, -0.15) is 5.43 Å². The number of rotatable bonds is 3. The number of nitrogens with one attached hydrogen (secondary N) is 2. The highest BCUT2D eigenvalue weighted by Gasteiger charge is 2.36. The molecule has 3 aliphatic heterocycles. The minimum absolute atomic E-state index is 0.137. The number of aliphatic imine (C=N–C) groups is 1. The molecular weight excluding hydrogens is 385 g/mol. The van der Waals surface area contributed by atoms with Gasteiger partial charge in [0.2, 0.25) is 17.7 Å². The van der Waals surface area contributed by atoms with Crippen LogP contribution in [0.4, 0.5) is 15.8 Å². The average molecular weight is 409 g/mol. The molecule has 0 bridgehead atoms.